The number of aliphatic hydroxyl groups is 1. The zero-order valence-electron chi connectivity index (χ0n) is 10.1. The van der Waals surface area contributed by atoms with Crippen molar-refractivity contribution in [3.05, 3.63) is 63.6 Å². The normalized spacial score (nSPS) is 9.95. The second kappa shape index (κ2) is 6.37. The lowest BCUT2D eigenvalue weighted by molar-refractivity contribution is 0.277. The number of hydrogen-bond acceptors (Lipinski definition) is 3. The number of nitriles is 1. The fourth-order valence-electron chi connectivity index (χ4n) is 1.60. The molecule has 4 heteroatoms. The molecule has 0 aliphatic heterocycles. The number of halogens is 1. The molecule has 0 bridgehead atoms. The van der Waals surface area contributed by atoms with E-state index >= 15 is 0 Å². The van der Waals surface area contributed by atoms with Crippen molar-refractivity contribution < 1.29 is 9.84 Å². The average Bonchev–Trinajstić information content (AvgIpc) is 2.47. The molecule has 0 saturated heterocycles. The van der Waals surface area contributed by atoms with E-state index in [9.17, 15) is 0 Å². The Morgan fingerprint density at radius 3 is 2.53 bits per heavy atom. The molecule has 0 saturated carbocycles. The van der Waals surface area contributed by atoms with Crippen LogP contribution in [0.4, 0.5) is 0 Å². The van der Waals surface area contributed by atoms with Crippen molar-refractivity contribution in [2.45, 2.75) is 13.2 Å². The van der Waals surface area contributed by atoms with Crippen molar-refractivity contribution in [1.29, 1.82) is 5.26 Å². The molecule has 2 aromatic rings. The Morgan fingerprint density at radius 1 is 1.16 bits per heavy atom. The molecule has 0 aromatic heterocycles. The summed E-state index contributed by atoms with van der Waals surface area (Å²) in [5, 5.41) is 17.9. The predicted molar refractivity (Wildman–Crippen MR) is 75.6 cm³/mol. The van der Waals surface area contributed by atoms with Crippen LogP contribution in [0.1, 0.15) is 16.7 Å². The fraction of sp³-hybridized carbons (Fsp3) is 0.133. The average molecular weight is 318 g/mol. The Labute approximate surface area is 120 Å². The first-order valence-corrected chi connectivity index (χ1v) is 6.53. The number of ether oxygens (including phenoxy) is 1. The summed E-state index contributed by atoms with van der Waals surface area (Å²) >= 11 is 3.36. The minimum absolute atomic E-state index is 0.0331. The Hall–Kier alpha value is -1.83. The van der Waals surface area contributed by atoms with Gasteiger partial charge < -0.3 is 9.84 Å². The molecule has 19 heavy (non-hydrogen) atoms. The molecular weight excluding hydrogens is 306 g/mol. The van der Waals surface area contributed by atoms with Crippen LogP contribution in [-0.4, -0.2) is 5.11 Å². The zero-order valence-corrected chi connectivity index (χ0v) is 11.7. The number of hydrogen-bond donors (Lipinski definition) is 1. The Bertz CT molecular complexity index is 603. The van der Waals surface area contributed by atoms with E-state index in [0.717, 1.165) is 15.6 Å². The molecule has 1 N–H and O–H groups in total. The first-order chi connectivity index (χ1) is 9.22. The zero-order chi connectivity index (χ0) is 13.7. The number of aliphatic hydroxyl groups excluding tert-OH is 1. The fourth-order valence-corrected chi connectivity index (χ4v) is 1.98. The van der Waals surface area contributed by atoms with E-state index < -0.39 is 0 Å². The van der Waals surface area contributed by atoms with Gasteiger partial charge in [0.15, 0.2) is 0 Å². The van der Waals surface area contributed by atoms with Crippen LogP contribution >= 0.6 is 15.9 Å². The van der Waals surface area contributed by atoms with Gasteiger partial charge in [0.1, 0.15) is 12.4 Å². The monoisotopic (exact) mass is 317 g/mol. The van der Waals surface area contributed by atoms with E-state index in [2.05, 4.69) is 22.0 Å². The molecule has 0 atom stereocenters. The Kier molecular flexibility index (Phi) is 4.56. The molecule has 0 radical (unpaired) electrons. The van der Waals surface area contributed by atoms with E-state index in [1.807, 2.05) is 24.3 Å². The molecule has 0 spiro atoms. The van der Waals surface area contributed by atoms with Crippen molar-refractivity contribution in [2.24, 2.45) is 0 Å². The van der Waals surface area contributed by atoms with E-state index in [1.165, 1.54) is 0 Å². The van der Waals surface area contributed by atoms with E-state index in [-0.39, 0.29) is 6.61 Å². The molecule has 0 unspecified atom stereocenters. The molecule has 0 aliphatic rings. The smallest absolute Gasteiger partial charge is 0.120 e. The van der Waals surface area contributed by atoms with E-state index in [4.69, 9.17) is 15.1 Å². The van der Waals surface area contributed by atoms with Crippen LogP contribution in [-0.2, 0) is 13.2 Å². The van der Waals surface area contributed by atoms with E-state index in [0.29, 0.717) is 17.9 Å². The van der Waals surface area contributed by atoms with Crippen LogP contribution in [0.15, 0.2) is 46.9 Å². The maximum Gasteiger partial charge on any atom is 0.120 e. The molecule has 0 aliphatic carbocycles. The number of benzene rings is 2. The largest absolute Gasteiger partial charge is 0.489 e. The number of rotatable bonds is 4. The van der Waals surface area contributed by atoms with Crippen LogP contribution in [0.2, 0.25) is 0 Å². The van der Waals surface area contributed by atoms with Crippen molar-refractivity contribution in [2.75, 3.05) is 0 Å². The maximum absolute atomic E-state index is 9.17. The lowest BCUT2D eigenvalue weighted by atomic mass is 10.1. The van der Waals surface area contributed by atoms with Crippen molar-refractivity contribution in [3.63, 3.8) is 0 Å². The minimum atomic E-state index is -0.0331. The highest BCUT2D eigenvalue weighted by atomic mass is 79.9. The molecule has 3 nitrogen and oxygen atoms in total. The molecule has 2 aromatic carbocycles. The van der Waals surface area contributed by atoms with Gasteiger partial charge in [0.05, 0.1) is 18.2 Å². The minimum Gasteiger partial charge on any atom is -0.489 e. The molecular formula is C15H12BrNO2. The summed E-state index contributed by atoms with van der Waals surface area (Å²) in [6, 6.07) is 14.8. The summed E-state index contributed by atoms with van der Waals surface area (Å²) in [6.45, 7) is 0.396. The van der Waals surface area contributed by atoms with Gasteiger partial charge in [-0.05, 0) is 41.5 Å². The van der Waals surface area contributed by atoms with Crippen LogP contribution in [0.3, 0.4) is 0 Å². The summed E-state index contributed by atoms with van der Waals surface area (Å²) in [5.41, 5.74) is 2.42. The molecule has 0 fully saturated rings. The second-order valence-corrected chi connectivity index (χ2v) is 4.86. The highest BCUT2D eigenvalue weighted by Crippen LogP contribution is 2.23. The van der Waals surface area contributed by atoms with Crippen LogP contribution < -0.4 is 4.74 Å². The third-order valence-corrected chi connectivity index (χ3v) is 3.45. The Morgan fingerprint density at radius 2 is 1.89 bits per heavy atom. The number of nitrogens with zero attached hydrogens (tertiary/aromatic N) is 1. The highest BCUT2D eigenvalue weighted by molar-refractivity contribution is 9.10. The topological polar surface area (TPSA) is 53.2 Å². The summed E-state index contributed by atoms with van der Waals surface area (Å²) in [7, 11) is 0. The van der Waals surface area contributed by atoms with Gasteiger partial charge in [-0.2, -0.15) is 5.26 Å². The van der Waals surface area contributed by atoms with Gasteiger partial charge in [-0.1, -0.05) is 28.1 Å². The van der Waals surface area contributed by atoms with Crippen LogP contribution in [0, 0.1) is 11.3 Å². The van der Waals surface area contributed by atoms with Gasteiger partial charge in [-0.3, -0.25) is 0 Å². The summed E-state index contributed by atoms with van der Waals surface area (Å²) in [5.74, 6) is 0.705. The third-order valence-electron chi connectivity index (χ3n) is 2.68. The van der Waals surface area contributed by atoms with Crippen molar-refractivity contribution in [1.82, 2.24) is 0 Å². The molecule has 0 amide bonds. The molecule has 2 rings (SSSR count). The van der Waals surface area contributed by atoms with Gasteiger partial charge in [0, 0.05) is 4.47 Å². The van der Waals surface area contributed by atoms with Gasteiger partial charge in [0.25, 0.3) is 0 Å². The van der Waals surface area contributed by atoms with Crippen LogP contribution in [0.5, 0.6) is 5.75 Å². The van der Waals surface area contributed by atoms with Gasteiger partial charge in [-0.25, -0.2) is 0 Å². The molecule has 96 valence electrons. The maximum atomic E-state index is 9.17. The summed E-state index contributed by atoms with van der Waals surface area (Å²) in [4.78, 5) is 0. The van der Waals surface area contributed by atoms with Gasteiger partial charge in [0.2, 0.25) is 0 Å². The lowest BCUT2D eigenvalue weighted by Gasteiger charge is -2.08. The SMILES string of the molecule is N#Cc1ccc(COc2ccc(Br)c(CO)c2)cc1. The quantitative estimate of drug-likeness (QED) is 0.940. The third kappa shape index (κ3) is 3.57. The molecule has 0 heterocycles. The second-order valence-electron chi connectivity index (χ2n) is 4.01. The van der Waals surface area contributed by atoms with Crippen molar-refractivity contribution in [3.8, 4) is 11.8 Å². The van der Waals surface area contributed by atoms with Gasteiger partial charge >= 0.3 is 0 Å². The summed E-state index contributed by atoms with van der Waals surface area (Å²) in [6.07, 6.45) is 0. The first-order valence-electron chi connectivity index (χ1n) is 5.74. The lowest BCUT2D eigenvalue weighted by Crippen LogP contribution is -1.96. The standard InChI is InChI=1S/C15H12BrNO2/c16-15-6-5-14(7-13(15)9-18)19-10-12-3-1-11(8-17)2-4-12/h1-7,18H,9-10H2. The highest BCUT2D eigenvalue weighted by Gasteiger charge is 2.02. The Balaban J connectivity index is 2.03. The predicted octanol–water partition coefficient (Wildman–Crippen LogP) is 3.39. The first kappa shape index (κ1) is 13.6. The van der Waals surface area contributed by atoms with Crippen molar-refractivity contribution >= 4 is 15.9 Å². The van der Waals surface area contributed by atoms with Gasteiger partial charge in [-0.15, -0.1) is 0 Å². The summed E-state index contributed by atoms with van der Waals surface area (Å²) < 4.78 is 6.51. The van der Waals surface area contributed by atoms with Crippen LogP contribution in [0.25, 0.3) is 0 Å². The van der Waals surface area contributed by atoms with E-state index in [1.54, 1.807) is 18.2 Å².